The Morgan fingerprint density at radius 2 is 1.94 bits per heavy atom. The van der Waals surface area contributed by atoms with Crippen molar-refractivity contribution < 1.29 is 19.1 Å². The van der Waals surface area contributed by atoms with Gasteiger partial charge < -0.3 is 19.4 Å². The minimum atomic E-state index is -0.231. The molecule has 3 heterocycles. The lowest BCUT2D eigenvalue weighted by Crippen LogP contribution is -2.18. The highest BCUT2D eigenvalue weighted by Crippen LogP contribution is 2.23. The lowest BCUT2D eigenvalue weighted by Gasteiger charge is -2.10. The molecule has 2 saturated heterocycles. The van der Waals surface area contributed by atoms with Crippen LogP contribution in [0.5, 0.6) is 11.5 Å². The number of imidazole rings is 1. The zero-order valence-corrected chi connectivity index (χ0v) is 20.1. The van der Waals surface area contributed by atoms with Gasteiger partial charge in [-0.25, -0.2) is 4.98 Å². The molecule has 33 heavy (non-hydrogen) atoms. The number of hydrogen-bond acceptors (Lipinski definition) is 8. The number of imide groups is 1. The highest BCUT2D eigenvalue weighted by molar-refractivity contribution is 8.14. The van der Waals surface area contributed by atoms with Crippen LogP contribution < -0.4 is 20.1 Å². The van der Waals surface area contributed by atoms with Gasteiger partial charge in [0.2, 0.25) is 5.91 Å². The number of aryl methyl sites for hydroxylation is 1. The summed E-state index contributed by atoms with van der Waals surface area (Å²) >= 11 is 3.00. The van der Waals surface area contributed by atoms with E-state index in [0.29, 0.717) is 17.6 Å². The van der Waals surface area contributed by atoms with Crippen molar-refractivity contribution in [2.24, 2.45) is 7.05 Å². The largest absolute Gasteiger partial charge is 0.497 e. The van der Waals surface area contributed by atoms with Gasteiger partial charge in [0.25, 0.3) is 5.24 Å². The molecule has 0 bridgehead atoms. The van der Waals surface area contributed by atoms with Crippen molar-refractivity contribution in [3.8, 4) is 11.5 Å². The molecule has 5 rings (SSSR count). The molecule has 0 aliphatic carbocycles. The fraction of sp³-hybridized carbons (Fsp3) is 0.348. The summed E-state index contributed by atoms with van der Waals surface area (Å²) in [5.74, 6) is 3.77. The fourth-order valence-corrected chi connectivity index (χ4v) is 5.05. The maximum atomic E-state index is 10.1. The molecule has 2 N–H and O–H groups in total. The van der Waals surface area contributed by atoms with Crippen LogP contribution in [0.1, 0.15) is 11.4 Å². The van der Waals surface area contributed by atoms with Crippen molar-refractivity contribution in [2.75, 3.05) is 25.3 Å². The van der Waals surface area contributed by atoms with Crippen LogP contribution in [-0.4, -0.2) is 51.2 Å². The molecule has 1 atom stereocenters. The average molecular weight is 487 g/mol. The molecule has 2 aliphatic rings. The summed E-state index contributed by atoms with van der Waals surface area (Å²) in [7, 11) is 3.68. The van der Waals surface area contributed by atoms with E-state index in [1.54, 1.807) is 7.11 Å². The van der Waals surface area contributed by atoms with Crippen LogP contribution in [0, 0.1) is 0 Å². The maximum absolute atomic E-state index is 10.1. The Morgan fingerprint density at radius 3 is 2.55 bits per heavy atom. The summed E-state index contributed by atoms with van der Waals surface area (Å²) < 4.78 is 13.3. The second kappa shape index (κ2) is 11.0. The summed E-state index contributed by atoms with van der Waals surface area (Å²) in [5, 5.41) is 5.94. The molecular formula is C23H26N4O4S2. The van der Waals surface area contributed by atoms with Gasteiger partial charge in [-0.2, -0.15) is 0 Å². The number of thioether (sulfide) groups is 2. The number of fused-ring (bicyclic) bond motifs is 1. The predicted molar refractivity (Wildman–Crippen MR) is 132 cm³/mol. The molecule has 8 nitrogen and oxygen atoms in total. The molecule has 0 spiro atoms. The Balaban J connectivity index is 0.000000318. The van der Waals surface area contributed by atoms with Crippen LogP contribution in [0.15, 0.2) is 42.5 Å². The SMILES string of the molecule is COc1ccc2nc(COc3ccc(CC4CNCS4)cc3)n(C)c2c1.O=C1CSC(=O)N1. The first-order chi connectivity index (χ1) is 16.0. The monoisotopic (exact) mass is 486 g/mol. The summed E-state index contributed by atoms with van der Waals surface area (Å²) in [6, 6.07) is 14.3. The lowest BCUT2D eigenvalue weighted by molar-refractivity contribution is -0.117. The third kappa shape index (κ3) is 6.21. The number of ether oxygens (including phenoxy) is 2. The number of benzene rings is 2. The number of amides is 2. The van der Waals surface area contributed by atoms with Crippen molar-refractivity contribution in [3.05, 3.63) is 53.9 Å². The van der Waals surface area contributed by atoms with Crippen molar-refractivity contribution in [1.29, 1.82) is 0 Å². The van der Waals surface area contributed by atoms with Crippen molar-refractivity contribution in [3.63, 3.8) is 0 Å². The van der Waals surface area contributed by atoms with E-state index in [4.69, 9.17) is 9.47 Å². The minimum absolute atomic E-state index is 0.185. The number of nitrogens with zero attached hydrogens (tertiary/aromatic N) is 2. The van der Waals surface area contributed by atoms with Gasteiger partial charge in [-0.1, -0.05) is 23.9 Å². The van der Waals surface area contributed by atoms with Gasteiger partial charge in [0.05, 0.1) is 23.9 Å². The average Bonchev–Trinajstić information content (AvgIpc) is 3.55. The standard InChI is InChI=1S/C20H23N3O2S.C3H3NO2S/c1-23-19-10-16(24-2)7-8-18(19)22-20(23)12-25-15-5-3-14(4-6-15)9-17-11-21-13-26-17;5-2-1-7-3(6)4-2/h3-8,10,17,21H,9,11-13H2,1-2H3;1H2,(H,4,5,6). The molecule has 1 unspecified atom stereocenters. The summed E-state index contributed by atoms with van der Waals surface area (Å²) in [6.07, 6.45) is 1.10. The molecule has 2 amide bonds. The van der Waals surface area contributed by atoms with Crippen LogP contribution in [0.25, 0.3) is 11.0 Å². The molecule has 2 fully saturated rings. The van der Waals surface area contributed by atoms with E-state index in [9.17, 15) is 9.59 Å². The van der Waals surface area contributed by atoms with Crippen LogP contribution >= 0.6 is 23.5 Å². The molecule has 2 aliphatic heterocycles. The Kier molecular flexibility index (Phi) is 7.79. The van der Waals surface area contributed by atoms with Crippen LogP contribution in [-0.2, 0) is 24.9 Å². The van der Waals surface area contributed by atoms with Crippen molar-refractivity contribution >= 4 is 45.7 Å². The molecule has 0 radical (unpaired) electrons. The first kappa shape index (κ1) is 23.5. The molecule has 10 heteroatoms. The second-order valence-corrected chi connectivity index (χ2v) is 9.83. The van der Waals surface area contributed by atoms with Gasteiger partial charge in [-0.3, -0.25) is 14.9 Å². The smallest absolute Gasteiger partial charge is 0.286 e. The van der Waals surface area contributed by atoms with Gasteiger partial charge in [0, 0.05) is 30.8 Å². The van der Waals surface area contributed by atoms with E-state index in [1.165, 1.54) is 5.56 Å². The van der Waals surface area contributed by atoms with E-state index < -0.39 is 0 Å². The molecule has 2 aromatic carbocycles. The molecular weight excluding hydrogens is 460 g/mol. The van der Waals surface area contributed by atoms with Gasteiger partial charge >= 0.3 is 0 Å². The van der Waals surface area contributed by atoms with E-state index in [0.717, 1.165) is 59.0 Å². The number of methoxy groups -OCH3 is 1. The summed E-state index contributed by atoms with van der Waals surface area (Å²) in [4.78, 5) is 24.8. The number of aromatic nitrogens is 2. The Morgan fingerprint density at radius 1 is 1.15 bits per heavy atom. The number of carbonyl (C=O) groups excluding carboxylic acids is 2. The Bertz CT molecular complexity index is 1110. The van der Waals surface area contributed by atoms with Gasteiger partial charge in [0.15, 0.2) is 0 Å². The van der Waals surface area contributed by atoms with Crippen molar-refractivity contribution in [1.82, 2.24) is 20.2 Å². The van der Waals surface area contributed by atoms with Crippen LogP contribution in [0.4, 0.5) is 4.79 Å². The summed E-state index contributed by atoms with van der Waals surface area (Å²) in [5.41, 5.74) is 3.35. The highest BCUT2D eigenvalue weighted by atomic mass is 32.2. The number of hydrogen-bond donors (Lipinski definition) is 2. The van der Waals surface area contributed by atoms with Gasteiger partial charge in [0.1, 0.15) is 23.9 Å². The summed E-state index contributed by atoms with van der Waals surface area (Å²) in [6.45, 7) is 1.54. The van der Waals surface area contributed by atoms with E-state index in [-0.39, 0.29) is 11.1 Å². The predicted octanol–water partition coefficient (Wildman–Crippen LogP) is 3.34. The topological polar surface area (TPSA) is 94.5 Å². The zero-order valence-electron chi connectivity index (χ0n) is 18.5. The quantitative estimate of drug-likeness (QED) is 0.548. The van der Waals surface area contributed by atoms with Crippen LogP contribution in [0.3, 0.4) is 0 Å². The highest BCUT2D eigenvalue weighted by Gasteiger charge is 2.17. The zero-order chi connectivity index (χ0) is 23.2. The number of rotatable bonds is 6. The Labute approximate surface area is 200 Å². The van der Waals surface area contributed by atoms with Gasteiger partial charge in [-0.15, -0.1) is 11.8 Å². The van der Waals surface area contributed by atoms with E-state index in [2.05, 4.69) is 32.3 Å². The fourth-order valence-electron chi connectivity index (χ4n) is 3.51. The second-order valence-electron chi connectivity index (χ2n) is 7.59. The molecule has 3 aromatic rings. The Hall–Kier alpha value is -2.69. The van der Waals surface area contributed by atoms with E-state index in [1.807, 2.05) is 49.1 Å². The first-order valence-corrected chi connectivity index (χ1v) is 12.6. The number of nitrogens with one attached hydrogen (secondary N) is 2. The lowest BCUT2D eigenvalue weighted by atomic mass is 10.1. The van der Waals surface area contributed by atoms with E-state index >= 15 is 0 Å². The number of carbonyl (C=O) groups is 2. The van der Waals surface area contributed by atoms with Crippen molar-refractivity contribution in [2.45, 2.75) is 18.3 Å². The maximum Gasteiger partial charge on any atom is 0.286 e. The third-order valence-corrected chi connectivity index (χ3v) is 7.25. The molecule has 1 aromatic heterocycles. The first-order valence-electron chi connectivity index (χ1n) is 10.5. The van der Waals surface area contributed by atoms with Crippen LogP contribution in [0.2, 0.25) is 0 Å². The molecule has 174 valence electrons. The molecule has 0 saturated carbocycles. The minimum Gasteiger partial charge on any atom is -0.497 e. The normalized spacial score (nSPS) is 17.6. The third-order valence-electron chi connectivity index (χ3n) is 5.30. The van der Waals surface area contributed by atoms with Gasteiger partial charge in [-0.05, 0) is 36.2 Å².